The first kappa shape index (κ1) is 17.2. The lowest BCUT2D eigenvalue weighted by Crippen LogP contribution is -2.33. The molecule has 8 heteroatoms. The Morgan fingerprint density at radius 2 is 1.96 bits per heavy atom. The fourth-order valence-electron chi connectivity index (χ4n) is 3.24. The summed E-state index contributed by atoms with van der Waals surface area (Å²) in [7, 11) is 1.65. The Balaban J connectivity index is 1.91. The summed E-state index contributed by atoms with van der Waals surface area (Å²) in [6, 6.07) is 5.49. The molecule has 0 spiro atoms. The molecule has 2 aliphatic rings. The predicted molar refractivity (Wildman–Crippen MR) is 108 cm³/mol. The standard InChI is InChI=1S/C18H18N4O2S2/c1-20-17(24)13(26-18(20)25)11-12-15(21-8-4-2-5-9-21)19-14-7-3-6-10-22(14)16(12)23/h3,6-7,10-11H,2,4-5,8-9H2,1H3/b13-11+. The molecule has 4 heterocycles. The molecule has 0 aliphatic carbocycles. The number of carbonyl (C=O) groups excluding carboxylic acids is 1. The van der Waals surface area contributed by atoms with Gasteiger partial charge in [0.05, 0.1) is 10.5 Å². The first-order valence-corrected chi connectivity index (χ1v) is 9.76. The van der Waals surface area contributed by atoms with Crippen LogP contribution in [0.4, 0.5) is 5.82 Å². The number of aromatic nitrogens is 2. The van der Waals surface area contributed by atoms with Gasteiger partial charge in [-0.2, -0.15) is 0 Å². The maximum atomic E-state index is 13.1. The van der Waals surface area contributed by atoms with E-state index < -0.39 is 0 Å². The van der Waals surface area contributed by atoms with Gasteiger partial charge in [0.1, 0.15) is 15.8 Å². The molecule has 2 saturated heterocycles. The highest BCUT2D eigenvalue weighted by molar-refractivity contribution is 8.26. The first-order chi connectivity index (χ1) is 12.6. The van der Waals surface area contributed by atoms with Crippen molar-refractivity contribution in [3.63, 3.8) is 0 Å². The summed E-state index contributed by atoms with van der Waals surface area (Å²) in [5, 5.41) is 0. The number of likely N-dealkylation sites (N-methyl/N-ethyl adjacent to an activating group) is 1. The third-order valence-corrected chi connectivity index (χ3v) is 6.15. The quantitative estimate of drug-likeness (QED) is 0.584. The number of thioether (sulfide) groups is 1. The van der Waals surface area contributed by atoms with Crippen LogP contribution in [0.5, 0.6) is 0 Å². The van der Waals surface area contributed by atoms with Crippen molar-refractivity contribution in [2.45, 2.75) is 19.3 Å². The van der Waals surface area contributed by atoms with Crippen molar-refractivity contribution in [3.8, 4) is 0 Å². The molecule has 2 aromatic heterocycles. The van der Waals surface area contributed by atoms with Gasteiger partial charge in [-0.15, -0.1) is 0 Å². The summed E-state index contributed by atoms with van der Waals surface area (Å²) in [5.74, 6) is 0.476. The Morgan fingerprint density at radius 3 is 2.65 bits per heavy atom. The highest BCUT2D eigenvalue weighted by Gasteiger charge is 2.30. The molecule has 0 aromatic carbocycles. The third kappa shape index (κ3) is 2.93. The summed E-state index contributed by atoms with van der Waals surface area (Å²) < 4.78 is 2.01. The van der Waals surface area contributed by atoms with E-state index >= 15 is 0 Å². The van der Waals surface area contributed by atoms with Crippen molar-refractivity contribution in [1.29, 1.82) is 0 Å². The number of hydrogen-bond acceptors (Lipinski definition) is 6. The monoisotopic (exact) mass is 386 g/mol. The van der Waals surface area contributed by atoms with Crippen molar-refractivity contribution < 1.29 is 4.79 Å². The van der Waals surface area contributed by atoms with Gasteiger partial charge in [0, 0.05) is 26.3 Å². The van der Waals surface area contributed by atoms with Crippen LogP contribution in [0.15, 0.2) is 34.1 Å². The predicted octanol–water partition coefficient (Wildman–Crippen LogP) is 2.52. The normalized spacial score (nSPS) is 19.8. The van der Waals surface area contributed by atoms with Crippen LogP contribution < -0.4 is 10.5 Å². The molecule has 26 heavy (non-hydrogen) atoms. The first-order valence-electron chi connectivity index (χ1n) is 8.54. The zero-order valence-electron chi connectivity index (χ0n) is 14.3. The summed E-state index contributed by atoms with van der Waals surface area (Å²) >= 11 is 6.42. The molecule has 4 rings (SSSR count). The van der Waals surface area contributed by atoms with E-state index in [1.807, 2.05) is 12.1 Å². The molecule has 0 atom stereocenters. The minimum absolute atomic E-state index is 0.169. The second-order valence-corrected chi connectivity index (χ2v) is 8.05. The molecular weight excluding hydrogens is 368 g/mol. The zero-order chi connectivity index (χ0) is 18.3. The molecule has 0 unspecified atom stereocenters. The van der Waals surface area contributed by atoms with Crippen molar-refractivity contribution in [1.82, 2.24) is 14.3 Å². The Morgan fingerprint density at radius 1 is 1.19 bits per heavy atom. The topological polar surface area (TPSA) is 57.9 Å². The van der Waals surface area contributed by atoms with Gasteiger partial charge in [0.15, 0.2) is 0 Å². The zero-order valence-corrected chi connectivity index (χ0v) is 16.0. The Labute approximate surface area is 160 Å². The van der Waals surface area contributed by atoms with Crippen molar-refractivity contribution in [2.24, 2.45) is 0 Å². The van der Waals surface area contributed by atoms with E-state index in [4.69, 9.17) is 17.2 Å². The molecule has 0 bridgehead atoms. The number of anilines is 1. The largest absolute Gasteiger partial charge is 0.356 e. The van der Waals surface area contributed by atoms with Gasteiger partial charge in [0.25, 0.3) is 11.5 Å². The van der Waals surface area contributed by atoms with Crippen molar-refractivity contribution in [2.75, 3.05) is 25.0 Å². The van der Waals surface area contributed by atoms with Crippen LogP contribution >= 0.6 is 24.0 Å². The highest BCUT2D eigenvalue weighted by atomic mass is 32.2. The molecule has 0 N–H and O–H groups in total. The molecule has 0 saturated carbocycles. The van der Waals surface area contributed by atoms with Crippen LogP contribution in [-0.4, -0.2) is 44.6 Å². The van der Waals surface area contributed by atoms with Gasteiger partial charge in [0.2, 0.25) is 0 Å². The Kier molecular flexibility index (Phi) is 4.54. The van der Waals surface area contributed by atoms with Gasteiger partial charge in [-0.3, -0.25) is 18.9 Å². The minimum atomic E-state index is -0.179. The van der Waals surface area contributed by atoms with Crippen molar-refractivity contribution >= 4 is 51.7 Å². The average Bonchev–Trinajstić information content (AvgIpc) is 2.91. The molecule has 0 radical (unpaired) electrons. The molecule has 6 nitrogen and oxygen atoms in total. The summed E-state index contributed by atoms with van der Waals surface area (Å²) in [6.07, 6.45) is 6.69. The lowest BCUT2D eigenvalue weighted by Gasteiger charge is -2.29. The molecule has 1 amide bonds. The number of piperidine rings is 1. The van der Waals surface area contributed by atoms with Crippen LogP contribution in [0.3, 0.4) is 0 Å². The molecule has 2 fully saturated rings. The van der Waals surface area contributed by atoms with Crippen LogP contribution in [0.1, 0.15) is 24.8 Å². The molecule has 2 aliphatic heterocycles. The van der Waals surface area contributed by atoms with Crippen LogP contribution in [-0.2, 0) is 4.79 Å². The van der Waals surface area contributed by atoms with Gasteiger partial charge in [-0.1, -0.05) is 30.0 Å². The second kappa shape index (κ2) is 6.85. The number of carbonyl (C=O) groups is 1. The van der Waals surface area contributed by atoms with Gasteiger partial charge in [-0.05, 0) is 37.5 Å². The third-order valence-electron chi connectivity index (χ3n) is 4.67. The lowest BCUT2D eigenvalue weighted by molar-refractivity contribution is -0.121. The fourth-order valence-corrected chi connectivity index (χ4v) is 4.40. The van der Waals surface area contributed by atoms with Gasteiger partial charge < -0.3 is 4.90 Å². The van der Waals surface area contributed by atoms with Crippen LogP contribution in [0.25, 0.3) is 11.7 Å². The van der Waals surface area contributed by atoms with E-state index in [1.54, 1.807) is 25.4 Å². The highest BCUT2D eigenvalue weighted by Crippen LogP contribution is 2.32. The maximum Gasteiger partial charge on any atom is 0.267 e. The summed E-state index contributed by atoms with van der Waals surface area (Å²) in [6.45, 7) is 1.73. The van der Waals surface area contributed by atoms with E-state index in [9.17, 15) is 9.59 Å². The van der Waals surface area contributed by atoms with E-state index in [1.165, 1.54) is 27.5 Å². The number of hydrogen-bond donors (Lipinski definition) is 0. The average molecular weight is 387 g/mol. The summed E-state index contributed by atoms with van der Waals surface area (Å²) in [5.41, 5.74) is 0.889. The van der Waals surface area contributed by atoms with Gasteiger partial charge >= 0.3 is 0 Å². The van der Waals surface area contributed by atoms with E-state index in [-0.39, 0.29) is 11.5 Å². The number of thiocarbonyl (C=S) groups is 1. The second-order valence-electron chi connectivity index (χ2n) is 6.37. The van der Waals surface area contributed by atoms with E-state index in [0.29, 0.717) is 26.3 Å². The van der Waals surface area contributed by atoms with Crippen LogP contribution in [0, 0.1) is 0 Å². The molecule has 2 aromatic rings. The Hall–Kier alpha value is -2.19. The maximum absolute atomic E-state index is 13.1. The smallest absolute Gasteiger partial charge is 0.267 e. The SMILES string of the molecule is CN1C(=O)/C(=C\c2c(N3CCCCC3)nc3ccccn3c2=O)SC1=S. The number of rotatable bonds is 2. The van der Waals surface area contributed by atoms with E-state index in [2.05, 4.69) is 4.90 Å². The van der Waals surface area contributed by atoms with E-state index in [0.717, 1.165) is 25.9 Å². The number of fused-ring (bicyclic) bond motifs is 1. The van der Waals surface area contributed by atoms with Crippen LogP contribution in [0.2, 0.25) is 0 Å². The number of amides is 1. The number of pyridine rings is 1. The molecule has 134 valence electrons. The fraction of sp³-hybridized carbons (Fsp3) is 0.333. The summed E-state index contributed by atoms with van der Waals surface area (Å²) in [4.78, 5) is 34.3. The lowest BCUT2D eigenvalue weighted by atomic mass is 10.1. The Bertz CT molecular complexity index is 992. The van der Waals surface area contributed by atoms with Crippen molar-refractivity contribution in [3.05, 3.63) is 45.2 Å². The molecular formula is C18H18N4O2S2. The van der Waals surface area contributed by atoms with Gasteiger partial charge in [-0.25, -0.2) is 4.98 Å². The number of nitrogens with zero attached hydrogens (tertiary/aromatic N) is 4. The minimum Gasteiger partial charge on any atom is -0.356 e.